The van der Waals surface area contributed by atoms with Gasteiger partial charge in [0.15, 0.2) is 0 Å². The first-order valence-electron chi connectivity index (χ1n) is 6.88. The van der Waals surface area contributed by atoms with E-state index in [1.165, 1.54) is 0 Å². The molecule has 0 fully saturated rings. The quantitative estimate of drug-likeness (QED) is 0.821. The number of carbonyl (C=O) groups is 1. The van der Waals surface area contributed by atoms with Gasteiger partial charge in [0.2, 0.25) is 5.91 Å². The number of hydrogen-bond acceptors (Lipinski definition) is 1. The van der Waals surface area contributed by atoms with E-state index in [0.29, 0.717) is 24.0 Å². The molecule has 0 aromatic heterocycles. The van der Waals surface area contributed by atoms with E-state index < -0.39 is 5.38 Å². The third-order valence-corrected chi connectivity index (χ3v) is 4.30. The third-order valence-electron chi connectivity index (χ3n) is 3.81. The van der Waals surface area contributed by atoms with Gasteiger partial charge in [-0.15, -0.1) is 11.6 Å². The molecule has 0 radical (unpaired) electrons. The summed E-state index contributed by atoms with van der Waals surface area (Å²) >= 11 is 6.45. The van der Waals surface area contributed by atoms with Crippen molar-refractivity contribution in [3.05, 3.63) is 64.5 Å². The maximum Gasteiger partial charge on any atom is 0.224 e. The molecule has 0 spiro atoms. The molecular weight excluding hydrogens is 289 g/mol. The largest absolute Gasteiger partial charge is 0.326 e. The Morgan fingerprint density at radius 3 is 2.86 bits per heavy atom. The summed E-state index contributed by atoms with van der Waals surface area (Å²) in [6, 6.07) is 10.9. The van der Waals surface area contributed by atoms with Crippen molar-refractivity contribution in [2.24, 2.45) is 0 Å². The normalized spacial score (nSPS) is 15.3. The molecule has 2 aromatic carbocycles. The maximum atomic E-state index is 14.2. The van der Waals surface area contributed by atoms with Crippen LogP contribution in [0.25, 0.3) is 0 Å². The Balaban J connectivity index is 1.97. The van der Waals surface area contributed by atoms with E-state index in [0.717, 1.165) is 16.8 Å². The number of carbonyl (C=O) groups excluding carboxylic acids is 1. The summed E-state index contributed by atoms with van der Waals surface area (Å²) in [5.74, 6) is -0.231. The molecule has 1 N–H and O–H groups in total. The number of hydrogen-bond donors (Lipinski definition) is 1. The number of anilines is 1. The van der Waals surface area contributed by atoms with Crippen LogP contribution >= 0.6 is 11.6 Å². The van der Waals surface area contributed by atoms with Crippen molar-refractivity contribution < 1.29 is 9.18 Å². The molecule has 0 bridgehead atoms. The van der Waals surface area contributed by atoms with Crippen molar-refractivity contribution in [3.8, 4) is 0 Å². The van der Waals surface area contributed by atoms with Crippen LogP contribution in [0.3, 0.4) is 0 Å². The molecule has 4 heteroatoms. The topological polar surface area (TPSA) is 29.1 Å². The number of rotatable bonds is 2. The van der Waals surface area contributed by atoms with Crippen LogP contribution in [0.1, 0.15) is 34.1 Å². The lowest BCUT2D eigenvalue weighted by Crippen LogP contribution is -2.19. The smallest absolute Gasteiger partial charge is 0.224 e. The SMILES string of the molecule is Cc1cccc(C(Cl)c2ccc3c(c2)CCC(=O)N3)c1F. The highest BCUT2D eigenvalue weighted by atomic mass is 35.5. The Morgan fingerprint density at radius 1 is 1.24 bits per heavy atom. The van der Waals surface area contributed by atoms with Crippen LogP contribution in [0.2, 0.25) is 0 Å². The summed E-state index contributed by atoms with van der Waals surface area (Å²) in [5.41, 5.74) is 3.78. The highest BCUT2D eigenvalue weighted by Gasteiger charge is 2.20. The van der Waals surface area contributed by atoms with Gasteiger partial charge in [0, 0.05) is 17.7 Å². The second-order valence-electron chi connectivity index (χ2n) is 5.31. The number of aryl methyl sites for hydroxylation is 2. The molecule has 0 saturated heterocycles. The van der Waals surface area contributed by atoms with Crippen LogP contribution < -0.4 is 5.32 Å². The van der Waals surface area contributed by atoms with Crippen molar-refractivity contribution in [2.75, 3.05) is 5.32 Å². The Hall–Kier alpha value is -1.87. The molecule has 1 heterocycles. The molecule has 108 valence electrons. The summed E-state index contributed by atoms with van der Waals surface area (Å²) < 4.78 is 14.2. The molecule has 0 aliphatic carbocycles. The zero-order chi connectivity index (χ0) is 15.0. The molecule has 1 unspecified atom stereocenters. The van der Waals surface area contributed by atoms with Crippen molar-refractivity contribution in [2.45, 2.75) is 25.1 Å². The van der Waals surface area contributed by atoms with Crippen molar-refractivity contribution >= 4 is 23.2 Å². The molecular formula is C17H15ClFNO. The minimum atomic E-state index is -0.534. The first-order chi connectivity index (χ1) is 10.1. The highest BCUT2D eigenvalue weighted by Crippen LogP contribution is 2.34. The van der Waals surface area contributed by atoms with Gasteiger partial charge in [0.25, 0.3) is 0 Å². The summed E-state index contributed by atoms with van der Waals surface area (Å²) in [4.78, 5) is 11.4. The number of alkyl halides is 1. The van der Waals surface area contributed by atoms with Gasteiger partial charge in [-0.1, -0.05) is 30.3 Å². The highest BCUT2D eigenvalue weighted by molar-refractivity contribution is 6.22. The van der Waals surface area contributed by atoms with Crippen LogP contribution in [0.4, 0.5) is 10.1 Å². The van der Waals surface area contributed by atoms with Gasteiger partial charge in [-0.3, -0.25) is 4.79 Å². The van der Waals surface area contributed by atoms with Gasteiger partial charge >= 0.3 is 0 Å². The number of benzene rings is 2. The number of nitrogens with one attached hydrogen (secondary N) is 1. The van der Waals surface area contributed by atoms with E-state index in [1.807, 2.05) is 24.3 Å². The fraction of sp³-hybridized carbons (Fsp3) is 0.235. The lowest BCUT2D eigenvalue weighted by Gasteiger charge is -2.19. The van der Waals surface area contributed by atoms with Gasteiger partial charge in [0.1, 0.15) is 5.82 Å². The van der Waals surface area contributed by atoms with Crippen LogP contribution in [0, 0.1) is 12.7 Å². The molecule has 1 amide bonds. The van der Waals surface area contributed by atoms with Gasteiger partial charge in [-0.05, 0) is 36.1 Å². The Morgan fingerprint density at radius 2 is 2.05 bits per heavy atom. The fourth-order valence-corrected chi connectivity index (χ4v) is 2.91. The maximum absolute atomic E-state index is 14.2. The molecule has 1 aliphatic heterocycles. The summed E-state index contributed by atoms with van der Waals surface area (Å²) in [5, 5.41) is 2.30. The van der Waals surface area contributed by atoms with Crippen LogP contribution in [-0.2, 0) is 11.2 Å². The number of amides is 1. The van der Waals surface area contributed by atoms with E-state index >= 15 is 0 Å². The molecule has 3 rings (SSSR count). The van der Waals surface area contributed by atoms with Gasteiger partial charge in [-0.2, -0.15) is 0 Å². The van der Waals surface area contributed by atoms with Crippen LogP contribution in [0.15, 0.2) is 36.4 Å². The van der Waals surface area contributed by atoms with Crippen LogP contribution in [0.5, 0.6) is 0 Å². The zero-order valence-corrected chi connectivity index (χ0v) is 12.4. The van der Waals surface area contributed by atoms with Crippen molar-refractivity contribution in [1.82, 2.24) is 0 Å². The van der Waals surface area contributed by atoms with E-state index in [1.54, 1.807) is 19.1 Å². The zero-order valence-electron chi connectivity index (χ0n) is 11.6. The molecule has 2 aromatic rings. The van der Waals surface area contributed by atoms with E-state index in [-0.39, 0.29) is 11.7 Å². The number of fused-ring (bicyclic) bond motifs is 1. The summed E-state index contributed by atoms with van der Waals surface area (Å²) in [6.45, 7) is 1.73. The Bertz CT molecular complexity index is 714. The van der Waals surface area contributed by atoms with E-state index in [9.17, 15) is 9.18 Å². The molecule has 1 aliphatic rings. The van der Waals surface area contributed by atoms with E-state index in [2.05, 4.69) is 5.32 Å². The monoisotopic (exact) mass is 303 g/mol. The fourth-order valence-electron chi connectivity index (χ4n) is 2.61. The summed E-state index contributed by atoms with van der Waals surface area (Å²) in [6.07, 6.45) is 1.16. The van der Waals surface area contributed by atoms with E-state index in [4.69, 9.17) is 11.6 Å². The average Bonchev–Trinajstić information content (AvgIpc) is 2.49. The minimum Gasteiger partial charge on any atom is -0.326 e. The van der Waals surface area contributed by atoms with Gasteiger partial charge < -0.3 is 5.32 Å². The molecule has 21 heavy (non-hydrogen) atoms. The number of halogens is 2. The second kappa shape index (κ2) is 5.49. The summed E-state index contributed by atoms with van der Waals surface area (Å²) in [7, 11) is 0. The van der Waals surface area contributed by atoms with Gasteiger partial charge in [0.05, 0.1) is 5.38 Å². The lowest BCUT2D eigenvalue weighted by molar-refractivity contribution is -0.116. The lowest BCUT2D eigenvalue weighted by atomic mass is 9.96. The minimum absolute atomic E-state index is 0.0300. The first kappa shape index (κ1) is 14.1. The van der Waals surface area contributed by atoms with Gasteiger partial charge in [-0.25, -0.2) is 4.39 Å². The average molecular weight is 304 g/mol. The molecule has 1 atom stereocenters. The molecule has 0 saturated carbocycles. The van der Waals surface area contributed by atoms with Crippen LogP contribution in [-0.4, -0.2) is 5.91 Å². The second-order valence-corrected chi connectivity index (χ2v) is 5.74. The molecule has 2 nitrogen and oxygen atoms in total. The Labute approximate surface area is 127 Å². The predicted octanol–water partition coefficient (Wildman–Crippen LogP) is 4.35. The van der Waals surface area contributed by atoms with Crippen molar-refractivity contribution in [3.63, 3.8) is 0 Å². The third kappa shape index (κ3) is 2.66. The van der Waals surface area contributed by atoms with Crippen molar-refractivity contribution in [1.29, 1.82) is 0 Å². The Kier molecular flexibility index (Phi) is 3.68. The standard InChI is InChI=1S/C17H15ClFNO/c1-10-3-2-4-13(17(10)19)16(18)12-5-7-14-11(9-12)6-8-15(21)20-14/h2-5,7,9,16H,6,8H2,1H3,(H,20,21). The predicted molar refractivity (Wildman–Crippen MR) is 82.2 cm³/mol. The first-order valence-corrected chi connectivity index (χ1v) is 7.31.